The van der Waals surface area contributed by atoms with Gasteiger partial charge >= 0.3 is 6.18 Å². The molecule has 1 saturated carbocycles. The molecule has 0 unspecified atom stereocenters. The first-order chi connectivity index (χ1) is 9.86. The molecule has 0 radical (unpaired) electrons. The van der Waals surface area contributed by atoms with E-state index in [1.165, 1.54) is 11.3 Å². The van der Waals surface area contributed by atoms with Crippen LogP contribution >= 0.6 is 0 Å². The van der Waals surface area contributed by atoms with Crippen LogP contribution in [0.3, 0.4) is 0 Å². The van der Waals surface area contributed by atoms with Crippen molar-refractivity contribution in [3.8, 4) is 0 Å². The third-order valence-electron chi connectivity index (χ3n) is 4.80. The average molecular weight is 304 g/mol. The van der Waals surface area contributed by atoms with Gasteiger partial charge in [0, 0.05) is 25.1 Å². The molecular weight excluding hydrogens is 281 g/mol. The van der Waals surface area contributed by atoms with Crippen LogP contribution in [-0.4, -0.2) is 36.6 Å². The molecule has 2 rings (SSSR count). The molecule has 1 aliphatic heterocycles. The van der Waals surface area contributed by atoms with Crippen LogP contribution in [0.5, 0.6) is 0 Å². The third-order valence-corrected chi connectivity index (χ3v) is 4.80. The minimum absolute atomic E-state index is 0.0557. The van der Waals surface area contributed by atoms with Crippen molar-refractivity contribution in [2.24, 2.45) is 11.1 Å². The highest BCUT2D eigenvalue weighted by molar-refractivity contribution is 5.77. The van der Waals surface area contributed by atoms with Gasteiger partial charge in [-0.3, -0.25) is 4.79 Å². The second kappa shape index (κ2) is 6.38. The first kappa shape index (κ1) is 16.3. The predicted molar refractivity (Wildman–Crippen MR) is 74.5 cm³/mol. The Hall–Kier alpha value is -1.04. The van der Waals surface area contributed by atoms with Crippen molar-refractivity contribution in [2.45, 2.75) is 51.1 Å². The van der Waals surface area contributed by atoms with Gasteiger partial charge in [0.05, 0.1) is 0 Å². The lowest BCUT2D eigenvalue weighted by Gasteiger charge is -2.38. The Morgan fingerprint density at radius 3 is 2.43 bits per heavy atom. The van der Waals surface area contributed by atoms with Crippen molar-refractivity contribution in [3.63, 3.8) is 0 Å². The zero-order valence-corrected chi connectivity index (χ0v) is 12.2. The molecule has 1 aliphatic carbocycles. The second-order valence-electron chi connectivity index (χ2n) is 6.26. The summed E-state index contributed by atoms with van der Waals surface area (Å²) in [5.74, 6) is -0.0557. The predicted octanol–water partition coefficient (Wildman–Crippen LogP) is 3.01. The molecule has 1 fully saturated rings. The van der Waals surface area contributed by atoms with Crippen LogP contribution in [0.25, 0.3) is 0 Å². The molecule has 0 aromatic heterocycles. The van der Waals surface area contributed by atoms with Crippen molar-refractivity contribution in [3.05, 3.63) is 11.6 Å². The maximum Gasteiger partial charge on any atom is 0.412 e. The van der Waals surface area contributed by atoms with E-state index in [2.05, 4.69) is 0 Å². The van der Waals surface area contributed by atoms with Crippen LogP contribution in [0.1, 0.15) is 44.9 Å². The van der Waals surface area contributed by atoms with E-state index >= 15 is 0 Å². The minimum atomic E-state index is -4.27. The molecule has 0 bridgehead atoms. The first-order valence-corrected chi connectivity index (χ1v) is 7.60. The molecule has 2 aliphatic rings. The Balaban J connectivity index is 1.94. The summed E-state index contributed by atoms with van der Waals surface area (Å²) >= 11 is 0. The molecule has 0 aromatic rings. The van der Waals surface area contributed by atoms with Crippen LogP contribution in [0.15, 0.2) is 11.6 Å². The van der Waals surface area contributed by atoms with Crippen LogP contribution in [0.4, 0.5) is 13.2 Å². The summed E-state index contributed by atoms with van der Waals surface area (Å²) in [5.41, 5.74) is 5.21. The maximum absolute atomic E-state index is 12.6. The van der Waals surface area contributed by atoms with Crippen LogP contribution in [0, 0.1) is 5.41 Å². The molecule has 0 atom stereocenters. The van der Waals surface area contributed by atoms with Crippen LogP contribution < -0.4 is 5.73 Å². The number of nitrogens with two attached hydrogens (primary N) is 1. The summed E-state index contributed by atoms with van der Waals surface area (Å²) in [5, 5.41) is 0. The highest BCUT2D eigenvalue weighted by Crippen LogP contribution is 2.39. The van der Waals surface area contributed by atoms with Gasteiger partial charge in [-0.1, -0.05) is 25.3 Å². The molecule has 3 nitrogen and oxygen atoms in total. The summed E-state index contributed by atoms with van der Waals surface area (Å²) in [6, 6.07) is 0. The Morgan fingerprint density at radius 1 is 1.29 bits per heavy atom. The molecule has 6 heteroatoms. The van der Waals surface area contributed by atoms with E-state index in [1.807, 2.05) is 0 Å². The van der Waals surface area contributed by atoms with Crippen LogP contribution in [0.2, 0.25) is 0 Å². The largest absolute Gasteiger partial charge is 0.412 e. The van der Waals surface area contributed by atoms with Gasteiger partial charge in [-0.15, -0.1) is 0 Å². The van der Waals surface area contributed by atoms with E-state index in [0.29, 0.717) is 13.0 Å². The van der Waals surface area contributed by atoms with Gasteiger partial charge in [0.15, 0.2) is 0 Å². The van der Waals surface area contributed by atoms with E-state index in [9.17, 15) is 18.0 Å². The number of carbonyl (C=O) groups excluding carboxylic acids is 1. The van der Waals surface area contributed by atoms with Gasteiger partial charge in [0.1, 0.15) is 0 Å². The number of halogens is 3. The number of nitrogens with zero attached hydrogens (tertiary/aromatic N) is 1. The number of hydrogen-bond donors (Lipinski definition) is 1. The lowest BCUT2D eigenvalue weighted by Crippen LogP contribution is -2.42. The van der Waals surface area contributed by atoms with Gasteiger partial charge in [-0.2, -0.15) is 13.2 Å². The molecular formula is C15H23F3N2O. The van der Waals surface area contributed by atoms with Gasteiger partial charge in [-0.05, 0) is 31.2 Å². The number of rotatable bonds is 3. The minimum Gasteiger partial charge on any atom is -0.339 e. The molecule has 1 heterocycles. The monoisotopic (exact) mass is 304 g/mol. The van der Waals surface area contributed by atoms with Crippen LogP contribution in [-0.2, 0) is 4.79 Å². The van der Waals surface area contributed by atoms with E-state index in [4.69, 9.17) is 5.73 Å². The molecule has 120 valence electrons. The average Bonchev–Trinajstić information content (AvgIpc) is 2.47. The fourth-order valence-corrected chi connectivity index (χ4v) is 3.34. The summed E-state index contributed by atoms with van der Waals surface area (Å²) in [7, 11) is 0. The van der Waals surface area contributed by atoms with Crippen molar-refractivity contribution >= 4 is 5.91 Å². The van der Waals surface area contributed by atoms with E-state index in [0.717, 1.165) is 31.8 Å². The number of hydrogen-bond acceptors (Lipinski definition) is 2. The lowest BCUT2D eigenvalue weighted by atomic mass is 9.71. The zero-order chi connectivity index (χ0) is 15.5. The van der Waals surface area contributed by atoms with E-state index in [1.54, 1.807) is 0 Å². The standard InChI is InChI=1S/C15H23F3N2O/c16-15(17,18)12-4-8-20(9-5-12)13(21)10-14(11-19)6-2-1-3-7-14/h4H,1-3,5-11,19H2. The smallest absolute Gasteiger partial charge is 0.339 e. The number of carbonyl (C=O) groups is 1. The summed E-state index contributed by atoms with van der Waals surface area (Å²) in [6.45, 7) is 0.704. The van der Waals surface area contributed by atoms with Gasteiger partial charge in [-0.25, -0.2) is 0 Å². The first-order valence-electron chi connectivity index (χ1n) is 7.60. The second-order valence-corrected chi connectivity index (χ2v) is 6.26. The maximum atomic E-state index is 12.6. The van der Waals surface area contributed by atoms with Crippen molar-refractivity contribution < 1.29 is 18.0 Å². The topological polar surface area (TPSA) is 46.3 Å². The molecule has 0 saturated heterocycles. The van der Waals surface area contributed by atoms with Crippen molar-refractivity contribution in [1.82, 2.24) is 4.90 Å². The number of amides is 1. The zero-order valence-electron chi connectivity index (χ0n) is 12.2. The third kappa shape index (κ3) is 3.99. The van der Waals surface area contributed by atoms with Crippen molar-refractivity contribution in [2.75, 3.05) is 19.6 Å². The summed E-state index contributed by atoms with van der Waals surface area (Å²) < 4.78 is 37.7. The number of alkyl halides is 3. The molecule has 21 heavy (non-hydrogen) atoms. The fourth-order valence-electron chi connectivity index (χ4n) is 3.34. The van der Waals surface area contributed by atoms with Gasteiger partial charge < -0.3 is 10.6 Å². The molecule has 0 aromatic carbocycles. The Bertz CT molecular complexity index is 412. The normalized spacial score (nSPS) is 22.9. The van der Waals surface area contributed by atoms with Crippen molar-refractivity contribution in [1.29, 1.82) is 0 Å². The highest BCUT2D eigenvalue weighted by Gasteiger charge is 2.37. The summed E-state index contributed by atoms with van der Waals surface area (Å²) in [6.07, 6.45) is 2.39. The summed E-state index contributed by atoms with van der Waals surface area (Å²) in [4.78, 5) is 13.9. The molecule has 0 spiro atoms. The van der Waals surface area contributed by atoms with E-state index < -0.39 is 11.7 Å². The fraction of sp³-hybridized carbons (Fsp3) is 0.800. The highest BCUT2D eigenvalue weighted by atomic mass is 19.4. The van der Waals surface area contributed by atoms with Gasteiger partial charge in [0.2, 0.25) is 5.91 Å². The Labute approximate surface area is 123 Å². The van der Waals surface area contributed by atoms with Gasteiger partial charge in [0.25, 0.3) is 0 Å². The quantitative estimate of drug-likeness (QED) is 0.815. The Kier molecular flexibility index (Phi) is 4.96. The molecule has 1 amide bonds. The lowest BCUT2D eigenvalue weighted by molar-refractivity contribution is -0.135. The van der Waals surface area contributed by atoms with E-state index in [-0.39, 0.29) is 30.8 Å². The SMILES string of the molecule is NCC1(CC(=O)N2CC=C(C(F)(F)F)CC2)CCCCC1. The Morgan fingerprint density at radius 2 is 1.95 bits per heavy atom. The molecule has 2 N–H and O–H groups in total.